The number of anilines is 1. The van der Waals surface area contributed by atoms with Crippen LogP contribution >= 0.6 is 27.3 Å². The van der Waals surface area contributed by atoms with Gasteiger partial charge in [-0.25, -0.2) is 0 Å². The minimum Gasteiger partial charge on any atom is -0.497 e. The normalized spacial score (nSPS) is 11.4. The van der Waals surface area contributed by atoms with Crippen LogP contribution < -0.4 is 10.1 Å². The molecule has 2 aromatic rings. The molecule has 0 atom stereocenters. The Hall–Kier alpha value is -1.21. The largest absolute Gasteiger partial charge is 0.497 e. The first-order valence-corrected chi connectivity index (χ1v) is 7.30. The van der Waals surface area contributed by atoms with E-state index in [0.29, 0.717) is 6.54 Å². The molecule has 0 fully saturated rings. The second-order valence-electron chi connectivity index (χ2n) is 3.95. The van der Waals surface area contributed by atoms with Crippen molar-refractivity contribution in [3.8, 4) is 5.75 Å². The summed E-state index contributed by atoms with van der Waals surface area (Å²) in [4.78, 5) is 0.939. The maximum atomic E-state index is 13.0. The summed E-state index contributed by atoms with van der Waals surface area (Å²) in [6.07, 6.45) is -4.43. The quantitative estimate of drug-likeness (QED) is 0.808. The highest BCUT2D eigenvalue weighted by atomic mass is 79.9. The highest BCUT2D eigenvalue weighted by Crippen LogP contribution is 2.37. The maximum Gasteiger partial charge on any atom is 0.418 e. The molecule has 0 saturated heterocycles. The van der Waals surface area contributed by atoms with Crippen molar-refractivity contribution >= 4 is 33.0 Å². The third-order valence-electron chi connectivity index (χ3n) is 2.66. The number of benzene rings is 1. The Bertz CT molecular complexity index is 598. The Balaban J connectivity index is 2.25. The van der Waals surface area contributed by atoms with Gasteiger partial charge in [0.15, 0.2) is 0 Å². The standard InChI is InChI=1S/C13H11BrF3NOS/c1-19-8-2-3-11(9(6-8)13(15,16)17)18-7-12-10(14)4-5-20-12/h2-6,18H,7H2,1H3. The van der Waals surface area contributed by atoms with E-state index < -0.39 is 11.7 Å². The lowest BCUT2D eigenvalue weighted by molar-refractivity contribution is -0.137. The summed E-state index contributed by atoms with van der Waals surface area (Å²) in [5, 5.41) is 4.69. The van der Waals surface area contributed by atoms with E-state index in [9.17, 15) is 13.2 Å². The van der Waals surface area contributed by atoms with Gasteiger partial charge in [0.1, 0.15) is 5.75 Å². The molecule has 1 aromatic carbocycles. The molecule has 0 amide bonds. The Kier molecular flexibility index (Phi) is 4.59. The Morgan fingerprint density at radius 3 is 2.60 bits per heavy atom. The number of hydrogen-bond donors (Lipinski definition) is 1. The van der Waals surface area contributed by atoms with Crippen molar-refractivity contribution in [3.05, 3.63) is 44.6 Å². The number of rotatable bonds is 4. The van der Waals surface area contributed by atoms with Gasteiger partial charge >= 0.3 is 6.18 Å². The molecule has 1 aromatic heterocycles. The van der Waals surface area contributed by atoms with Crippen molar-refractivity contribution in [2.45, 2.75) is 12.7 Å². The molecule has 2 rings (SSSR count). The second kappa shape index (κ2) is 6.05. The van der Waals surface area contributed by atoms with Crippen LogP contribution in [0.25, 0.3) is 0 Å². The van der Waals surface area contributed by atoms with E-state index in [4.69, 9.17) is 4.74 Å². The van der Waals surface area contributed by atoms with Crippen molar-refractivity contribution in [3.63, 3.8) is 0 Å². The van der Waals surface area contributed by atoms with Crippen LogP contribution in [0.2, 0.25) is 0 Å². The first-order chi connectivity index (χ1) is 9.41. The lowest BCUT2D eigenvalue weighted by atomic mass is 10.1. The molecule has 2 nitrogen and oxygen atoms in total. The van der Waals surface area contributed by atoms with Gasteiger partial charge in [-0.1, -0.05) is 0 Å². The first kappa shape index (κ1) is 15.2. The zero-order valence-corrected chi connectivity index (χ0v) is 12.8. The molecule has 20 heavy (non-hydrogen) atoms. The van der Waals surface area contributed by atoms with Gasteiger partial charge in [0.25, 0.3) is 0 Å². The fourth-order valence-electron chi connectivity index (χ4n) is 1.67. The van der Waals surface area contributed by atoms with Crippen molar-refractivity contribution in [2.75, 3.05) is 12.4 Å². The molecule has 108 valence electrons. The lowest BCUT2D eigenvalue weighted by Gasteiger charge is -2.15. The Morgan fingerprint density at radius 2 is 2.05 bits per heavy atom. The molecule has 1 N–H and O–H groups in total. The number of nitrogens with one attached hydrogen (secondary N) is 1. The van der Waals surface area contributed by atoms with E-state index in [1.165, 1.54) is 30.6 Å². The average molecular weight is 366 g/mol. The van der Waals surface area contributed by atoms with Crippen LogP contribution in [0, 0.1) is 0 Å². The zero-order valence-electron chi connectivity index (χ0n) is 10.4. The fourth-order valence-corrected chi connectivity index (χ4v) is 3.10. The number of halogens is 4. The summed E-state index contributed by atoms with van der Waals surface area (Å²) in [7, 11) is 1.34. The molecule has 0 saturated carbocycles. The number of methoxy groups -OCH3 is 1. The lowest BCUT2D eigenvalue weighted by Crippen LogP contribution is -2.11. The monoisotopic (exact) mass is 365 g/mol. The zero-order chi connectivity index (χ0) is 14.8. The predicted octanol–water partition coefficient (Wildman–Crippen LogP) is 5.15. The van der Waals surface area contributed by atoms with Crippen molar-refractivity contribution in [2.24, 2.45) is 0 Å². The smallest absolute Gasteiger partial charge is 0.418 e. The summed E-state index contributed by atoms with van der Waals surface area (Å²) in [5.41, 5.74) is -0.692. The Labute approximate surface area is 126 Å². The molecule has 7 heteroatoms. The molecule has 0 spiro atoms. The summed E-state index contributed by atoms with van der Waals surface area (Å²) in [6, 6.07) is 5.73. The molecule has 0 radical (unpaired) electrons. The number of hydrogen-bond acceptors (Lipinski definition) is 3. The van der Waals surface area contributed by atoms with Gasteiger partial charge in [-0.15, -0.1) is 11.3 Å². The second-order valence-corrected chi connectivity index (χ2v) is 5.81. The van der Waals surface area contributed by atoms with E-state index in [2.05, 4.69) is 21.2 Å². The third kappa shape index (κ3) is 3.46. The summed E-state index contributed by atoms with van der Waals surface area (Å²) >= 11 is 4.82. The van der Waals surface area contributed by atoms with Crippen LogP contribution in [0.15, 0.2) is 34.1 Å². The Morgan fingerprint density at radius 1 is 1.30 bits per heavy atom. The van der Waals surface area contributed by atoms with E-state index in [-0.39, 0.29) is 11.4 Å². The molecule has 0 aliphatic heterocycles. The fraction of sp³-hybridized carbons (Fsp3) is 0.231. The van der Waals surface area contributed by atoms with E-state index >= 15 is 0 Å². The highest BCUT2D eigenvalue weighted by Gasteiger charge is 2.34. The molecule has 0 unspecified atom stereocenters. The molecular formula is C13H11BrF3NOS. The van der Waals surface area contributed by atoms with Crippen molar-refractivity contribution < 1.29 is 17.9 Å². The number of thiophene rings is 1. The number of ether oxygens (including phenoxy) is 1. The molecular weight excluding hydrogens is 355 g/mol. The van der Waals surface area contributed by atoms with Crippen LogP contribution in [0.5, 0.6) is 5.75 Å². The van der Waals surface area contributed by atoms with Gasteiger partial charge in [0.2, 0.25) is 0 Å². The summed E-state index contributed by atoms with van der Waals surface area (Å²) in [5.74, 6) is 0.181. The van der Waals surface area contributed by atoms with E-state index in [0.717, 1.165) is 15.4 Å². The van der Waals surface area contributed by atoms with Gasteiger partial charge < -0.3 is 10.1 Å². The van der Waals surface area contributed by atoms with Crippen LogP contribution in [0.3, 0.4) is 0 Å². The SMILES string of the molecule is COc1ccc(NCc2sccc2Br)c(C(F)(F)F)c1. The van der Waals surface area contributed by atoms with Crippen LogP contribution in [0.4, 0.5) is 18.9 Å². The molecule has 1 heterocycles. The van der Waals surface area contributed by atoms with E-state index in [1.807, 2.05) is 11.4 Å². The summed E-state index contributed by atoms with van der Waals surface area (Å²) < 4.78 is 44.8. The topological polar surface area (TPSA) is 21.3 Å². The van der Waals surface area contributed by atoms with Crippen molar-refractivity contribution in [1.82, 2.24) is 0 Å². The number of alkyl halides is 3. The van der Waals surface area contributed by atoms with Crippen LogP contribution in [0.1, 0.15) is 10.4 Å². The summed E-state index contributed by atoms with van der Waals surface area (Å²) in [6.45, 7) is 0.327. The van der Waals surface area contributed by atoms with Crippen molar-refractivity contribution in [1.29, 1.82) is 0 Å². The maximum absolute atomic E-state index is 13.0. The molecule has 0 aliphatic carbocycles. The predicted molar refractivity (Wildman–Crippen MR) is 77.3 cm³/mol. The van der Waals surface area contributed by atoms with Crippen LogP contribution in [-0.2, 0) is 12.7 Å². The molecule has 0 bridgehead atoms. The van der Waals surface area contributed by atoms with Gasteiger partial charge in [-0.2, -0.15) is 13.2 Å². The first-order valence-electron chi connectivity index (χ1n) is 5.63. The minimum atomic E-state index is -4.43. The van der Waals surface area contributed by atoms with E-state index in [1.54, 1.807) is 0 Å². The molecule has 0 aliphatic rings. The minimum absolute atomic E-state index is 0.0404. The third-order valence-corrected chi connectivity index (χ3v) is 4.59. The average Bonchev–Trinajstić information content (AvgIpc) is 2.80. The van der Waals surface area contributed by atoms with Gasteiger partial charge in [0, 0.05) is 15.0 Å². The highest BCUT2D eigenvalue weighted by molar-refractivity contribution is 9.10. The van der Waals surface area contributed by atoms with Gasteiger partial charge in [0.05, 0.1) is 19.2 Å². The van der Waals surface area contributed by atoms with Gasteiger partial charge in [-0.3, -0.25) is 0 Å². The van der Waals surface area contributed by atoms with Crippen LogP contribution in [-0.4, -0.2) is 7.11 Å². The van der Waals surface area contributed by atoms with Gasteiger partial charge in [-0.05, 0) is 45.6 Å².